The van der Waals surface area contributed by atoms with Gasteiger partial charge in [-0.1, -0.05) is 32.0 Å². The van der Waals surface area contributed by atoms with Gasteiger partial charge in [0.25, 0.3) is 0 Å². The molecule has 2 heteroatoms. The molecule has 1 aromatic heterocycles. The van der Waals surface area contributed by atoms with Crippen LogP contribution in [-0.4, -0.2) is 11.5 Å². The van der Waals surface area contributed by atoms with E-state index in [1.807, 2.05) is 6.07 Å². The molecule has 0 radical (unpaired) electrons. The number of hydrogen-bond donors (Lipinski definition) is 1. The molecule has 0 bridgehead atoms. The highest BCUT2D eigenvalue weighted by atomic mass is 15.0. The van der Waals surface area contributed by atoms with E-state index in [1.54, 1.807) is 0 Å². The summed E-state index contributed by atoms with van der Waals surface area (Å²) < 4.78 is 0. The fourth-order valence-corrected chi connectivity index (χ4v) is 3.37. The number of aromatic nitrogens is 1. The Morgan fingerprint density at radius 3 is 2.89 bits per heavy atom. The van der Waals surface area contributed by atoms with Crippen LogP contribution in [0.15, 0.2) is 36.5 Å². The van der Waals surface area contributed by atoms with Gasteiger partial charge in [-0.05, 0) is 49.4 Å². The van der Waals surface area contributed by atoms with Gasteiger partial charge < -0.3 is 5.32 Å². The molecule has 1 saturated heterocycles. The first kappa shape index (κ1) is 12.6. The average molecular weight is 254 g/mol. The number of pyridine rings is 1. The van der Waals surface area contributed by atoms with Crippen molar-refractivity contribution in [3.05, 3.63) is 42.1 Å². The molecule has 100 valence electrons. The molecule has 0 aliphatic carbocycles. The smallest absolute Gasteiger partial charge is 0.0702 e. The zero-order valence-corrected chi connectivity index (χ0v) is 11.8. The van der Waals surface area contributed by atoms with E-state index >= 15 is 0 Å². The minimum atomic E-state index is 0.144. The number of para-hydroxylation sites is 1. The molecule has 0 saturated carbocycles. The maximum absolute atomic E-state index is 4.64. The van der Waals surface area contributed by atoms with Crippen LogP contribution in [0.1, 0.15) is 38.7 Å². The number of rotatable bonds is 3. The van der Waals surface area contributed by atoms with Crippen LogP contribution < -0.4 is 5.32 Å². The summed E-state index contributed by atoms with van der Waals surface area (Å²) in [6.07, 6.45) is 5.75. The van der Waals surface area contributed by atoms with Crippen LogP contribution in [0.4, 0.5) is 0 Å². The van der Waals surface area contributed by atoms with Crippen molar-refractivity contribution in [1.29, 1.82) is 0 Å². The van der Waals surface area contributed by atoms with Gasteiger partial charge >= 0.3 is 0 Å². The SMILES string of the molecule is CC(C)CC1(c2cnc3ccccc3c2)CCCN1. The lowest BCUT2D eigenvalue weighted by Gasteiger charge is -2.32. The second-order valence-electron chi connectivity index (χ2n) is 6.13. The van der Waals surface area contributed by atoms with Crippen molar-refractivity contribution in [2.45, 2.75) is 38.6 Å². The van der Waals surface area contributed by atoms with E-state index in [4.69, 9.17) is 0 Å². The normalized spacial score (nSPS) is 23.3. The van der Waals surface area contributed by atoms with E-state index < -0.39 is 0 Å². The van der Waals surface area contributed by atoms with Crippen LogP contribution in [0.5, 0.6) is 0 Å². The Kier molecular flexibility index (Phi) is 3.28. The Morgan fingerprint density at radius 2 is 2.16 bits per heavy atom. The molecule has 1 atom stereocenters. The lowest BCUT2D eigenvalue weighted by atomic mass is 9.81. The number of nitrogens with one attached hydrogen (secondary N) is 1. The van der Waals surface area contributed by atoms with Crippen molar-refractivity contribution in [2.75, 3.05) is 6.54 Å². The maximum atomic E-state index is 4.64. The molecular weight excluding hydrogens is 232 g/mol. The van der Waals surface area contributed by atoms with Crippen molar-refractivity contribution in [3.8, 4) is 0 Å². The van der Waals surface area contributed by atoms with E-state index in [1.165, 1.54) is 30.2 Å². The second kappa shape index (κ2) is 4.93. The highest BCUT2D eigenvalue weighted by Crippen LogP contribution is 2.37. The molecule has 3 rings (SSSR count). The molecule has 1 aliphatic heterocycles. The van der Waals surface area contributed by atoms with E-state index in [-0.39, 0.29) is 5.54 Å². The fourth-order valence-electron chi connectivity index (χ4n) is 3.37. The first-order chi connectivity index (χ1) is 9.20. The first-order valence-electron chi connectivity index (χ1n) is 7.30. The third-order valence-electron chi connectivity index (χ3n) is 4.14. The average Bonchev–Trinajstić information content (AvgIpc) is 2.87. The lowest BCUT2D eigenvalue weighted by molar-refractivity contribution is 0.310. The lowest BCUT2D eigenvalue weighted by Crippen LogP contribution is -2.38. The van der Waals surface area contributed by atoms with Crippen molar-refractivity contribution in [1.82, 2.24) is 10.3 Å². The van der Waals surface area contributed by atoms with Crippen LogP contribution in [0, 0.1) is 5.92 Å². The first-order valence-corrected chi connectivity index (χ1v) is 7.30. The van der Waals surface area contributed by atoms with Gasteiger partial charge in [0.15, 0.2) is 0 Å². The minimum Gasteiger partial charge on any atom is -0.307 e. The van der Waals surface area contributed by atoms with Gasteiger partial charge in [0.05, 0.1) is 5.52 Å². The van der Waals surface area contributed by atoms with Gasteiger partial charge in [-0.3, -0.25) is 4.98 Å². The summed E-state index contributed by atoms with van der Waals surface area (Å²) in [5.74, 6) is 0.692. The van der Waals surface area contributed by atoms with Crippen molar-refractivity contribution in [3.63, 3.8) is 0 Å². The molecule has 1 aliphatic rings. The molecule has 2 heterocycles. The van der Waals surface area contributed by atoms with Crippen molar-refractivity contribution < 1.29 is 0 Å². The molecule has 19 heavy (non-hydrogen) atoms. The Morgan fingerprint density at radius 1 is 1.32 bits per heavy atom. The van der Waals surface area contributed by atoms with Gasteiger partial charge in [0, 0.05) is 17.1 Å². The van der Waals surface area contributed by atoms with Gasteiger partial charge in [0.1, 0.15) is 0 Å². The van der Waals surface area contributed by atoms with E-state index in [0.29, 0.717) is 5.92 Å². The Labute approximate surface area is 115 Å². The van der Waals surface area contributed by atoms with E-state index in [0.717, 1.165) is 12.1 Å². The standard InChI is InChI=1S/C17H22N2/c1-13(2)11-17(8-5-9-19-17)15-10-14-6-3-4-7-16(14)18-12-15/h3-4,6-7,10,12-13,19H,5,8-9,11H2,1-2H3. The minimum absolute atomic E-state index is 0.144. The Hall–Kier alpha value is -1.41. The van der Waals surface area contributed by atoms with E-state index in [2.05, 4.69) is 54.6 Å². The van der Waals surface area contributed by atoms with Crippen LogP contribution >= 0.6 is 0 Å². The molecule has 2 nitrogen and oxygen atoms in total. The molecule has 1 N–H and O–H groups in total. The second-order valence-corrected chi connectivity index (χ2v) is 6.13. The molecule has 1 unspecified atom stereocenters. The number of fused-ring (bicyclic) bond motifs is 1. The molecule has 1 aromatic carbocycles. The molecule has 1 fully saturated rings. The Bertz CT molecular complexity index is 568. The summed E-state index contributed by atoms with van der Waals surface area (Å²) in [4.78, 5) is 4.64. The van der Waals surface area contributed by atoms with Crippen LogP contribution in [-0.2, 0) is 5.54 Å². The van der Waals surface area contributed by atoms with Crippen molar-refractivity contribution >= 4 is 10.9 Å². The predicted molar refractivity (Wildman–Crippen MR) is 80.1 cm³/mol. The van der Waals surface area contributed by atoms with Gasteiger partial charge in [-0.15, -0.1) is 0 Å². The van der Waals surface area contributed by atoms with Gasteiger partial charge in [-0.2, -0.15) is 0 Å². The fraction of sp³-hybridized carbons (Fsp3) is 0.471. The summed E-state index contributed by atoms with van der Waals surface area (Å²) in [7, 11) is 0. The summed E-state index contributed by atoms with van der Waals surface area (Å²) >= 11 is 0. The highest BCUT2D eigenvalue weighted by molar-refractivity contribution is 5.79. The number of nitrogens with zero attached hydrogens (tertiary/aromatic N) is 1. The Balaban J connectivity index is 2.05. The van der Waals surface area contributed by atoms with Crippen molar-refractivity contribution in [2.24, 2.45) is 5.92 Å². The molecular formula is C17H22N2. The quantitative estimate of drug-likeness (QED) is 0.899. The zero-order chi connectivity index (χ0) is 13.3. The van der Waals surface area contributed by atoms with Crippen LogP contribution in [0.25, 0.3) is 10.9 Å². The molecule has 0 amide bonds. The highest BCUT2D eigenvalue weighted by Gasteiger charge is 2.36. The summed E-state index contributed by atoms with van der Waals surface area (Å²) in [6.45, 7) is 5.73. The van der Waals surface area contributed by atoms with Crippen LogP contribution in [0.2, 0.25) is 0 Å². The summed E-state index contributed by atoms with van der Waals surface area (Å²) in [5, 5.41) is 4.99. The third kappa shape index (κ3) is 2.37. The van der Waals surface area contributed by atoms with Gasteiger partial charge in [-0.25, -0.2) is 0 Å². The monoisotopic (exact) mass is 254 g/mol. The number of hydrogen-bond acceptors (Lipinski definition) is 2. The summed E-state index contributed by atoms with van der Waals surface area (Å²) in [5.41, 5.74) is 2.59. The number of benzene rings is 1. The third-order valence-corrected chi connectivity index (χ3v) is 4.14. The zero-order valence-electron chi connectivity index (χ0n) is 11.8. The topological polar surface area (TPSA) is 24.9 Å². The van der Waals surface area contributed by atoms with Crippen LogP contribution in [0.3, 0.4) is 0 Å². The largest absolute Gasteiger partial charge is 0.307 e. The molecule has 0 spiro atoms. The maximum Gasteiger partial charge on any atom is 0.0702 e. The predicted octanol–water partition coefficient (Wildman–Crippen LogP) is 3.86. The summed E-state index contributed by atoms with van der Waals surface area (Å²) in [6, 6.07) is 10.7. The van der Waals surface area contributed by atoms with Gasteiger partial charge in [0.2, 0.25) is 0 Å². The molecule has 2 aromatic rings. The van der Waals surface area contributed by atoms with E-state index in [9.17, 15) is 0 Å².